The molecular formula is C18H20N2O2S2. The maximum absolute atomic E-state index is 12.2. The molecule has 4 nitrogen and oxygen atoms in total. The van der Waals surface area contributed by atoms with Crippen molar-refractivity contribution in [1.82, 2.24) is 0 Å². The van der Waals surface area contributed by atoms with Crippen molar-refractivity contribution in [1.29, 1.82) is 0 Å². The van der Waals surface area contributed by atoms with Gasteiger partial charge in [-0.2, -0.15) is 0 Å². The summed E-state index contributed by atoms with van der Waals surface area (Å²) in [6, 6.07) is 3.88. The summed E-state index contributed by atoms with van der Waals surface area (Å²) >= 11 is 3.07. The van der Waals surface area contributed by atoms with Gasteiger partial charge in [-0.1, -0.05) is 18.9 Å². The molecule has 0 spiro atoms. The molecule has 2 amide bonds. The van der Waals surface area contributed by atoms with Crippen LogP contribution in [0.1, 0.15) is 51.4 Å². The van der Waals surface area contributed by atoms with E-state index in [1.807, 2.05) is 17.5 Å². The van der Waals surface area contributed by atoms with Crippen molar-refractivity contribution >= 4 is 45.6 Å². The fourth-order valence-corrected chi connectivity index (χ4v) is 4.88. The fraction of sp³-hybridized carbons (Fsp3) is 0.333. The third-order valence-electron chi connectivity index (χ3n) is 4.10. The lowest BCUT2D eigenvalue weighted by atomic mass is 9.96. The minimum atomic E-state index is -0.453. The SMILES string of the molecule is NC(=O)c1c(NC(=O)/C=C\c2cccs2)sc2c1CCCCCC2. The van der Waals surface area contributed by atoms with Crippen LogP contribution in [0.3, 0.4) is 0 Å². The van der Waals surface area contributed by atoms with Gasteiger partial charge in [0.05, 0.1) is 5.56 Å². The number of carbonyl (C=O) groups is 2. The molecule has 0 unspecified atom stereocenters. The first-order chi connectivity index (χ1) is 11.6. The maximum atomic E-state index is 12.2. The van der Waals surface area contributed by atoms with Gasteiger partial charge in [0, 0.05) is 15.8 Å². The number of primary amides is 1. The number of nitrogens with two attached hydrogens (primary N) is 1. The van der Waals surface area contributed by atoms with Crippen LogP contribution in [-0.4, -0.2) is 11.8 Å². The molecule has 0 aromatic carbocycles. The molecule has 2 heterocycles. The molecule has 3 N–H and O–H groups in total. The highest BCUT2D eigenvalue weighted by Crippen LogP contribution is 2.36. The van der Waals surface area contributed by atoms with Crippen LogP contribution in [-0.2, 0) is 17.6 Å². The molecule has 2 aromatic heterocycles. The highest BCUT2D eigenvalue weighted by atomic mass is 32.1. The molecule has 0 saturated heterocycles. The number of hydrogen-bond acceptors (Lipinski definition) is 4. The minimum absolute atomic E-state index is 0.236. The normalized spacial score (nSPS) is 14.8. The molecule has 6 heteroatoms. The van der Waals surface area contributed by atoms with Gasteiger partial charge in [-0.25, -0.2) is 0 Å². The summed E-state index contributed by atoms with van der Waals surface area (Å²) < 4.78 is 0. The van der Waals surface area contributed by atoms with Gasteiger partial charge >= 0.3 is 0 Å². The van der Waals surface area contributed by atoms with Crippen molar-refractivity contribution < 1.29 is 9.59 Å². The van der Waals surface area contributed by atoms with E-state index in [1.54, 1.807) is 17.4 Å². The number of fused-ring (bicyclic) bond motifs is 1. The molecule has 3 rings (SSSR count). The number of nitrogens with one attached hydrogen (secondary N) is 1. The first kappa shape index (κ1) is 16.9. The zero-order valence-electron chi connectivity index (χ0n) is 13.3. The van der Waals surface area contributed by atoms with Crippen LogP contribution < -0.4 is 11.1 Å². The fourth-order valence-electron chi connectivity index (χ4n) is 2.97. The molecule has 0 atom stereocenters. The molecule has 0 bridgehead atoms. The third kappa shape index (κ3) is 3.94. The molecule has 126 valence electrons. The number of rotatable bonds is 4. The largest absolute Gasteiger partial charge is 0.365 e. The van der Waals surface area contributed by atoms with Crippen LogP contribution in [0.15, 0.2) is 23.6 Å². The summed E-state index contributed by atoms with van der Waals surface area (Å²) in [5.74, 6) is -0.689. The Morgan fingerprint density at radius 3 is 2.67 bits per heavy atom. The number of aryl methyl sites for hydroxylation is 1. The van der Waals surface area contributed by atoms with Crippen molar-refractivity contribution in [2.24, 2.45) is 5.73 Å². The summed E-state index contributed by atoms with van der Waals surface area (Å²) in [5.41, 5.74) is 7.16. The lowest BCUT2D eigenvalue weighted by molar-refractivity contribution is -0.111. The van der Waals surface area contributed by atoms with E-state index in [4.69, 9.17) is 5.73 Å². The van der Waals surface area contributed by atoms with Crippen LogP contribution >= 0.6 is 22.7 Å². The second-order valence-electron chi connectivity index (χ2n) is 5.82. The Bertz CT molecular complexity index is 760. The van der Waals surface area contributed by atoms with E-state index in [2.05, 4.69) is 5.32 Å². The second-order valence-corrected chi connectivity index (χ2v) is 7.91. The van der Waals surface area contributed by atoms with E-state index < -0.39 is 5.91 Å². The quantitative estimate of drug-likeness (QED) is 0.801. The highest BCUT2D eigenvalue weighted by Gasteiger charge is 2.23. The Morgan fingerprint density at radius 1 is 1.17 bits per heavy atom. The molecule has 2 aromatic rings. The molecule has 0 fully saturated rings. The first-order valence-electron chi connectivity index (χ1n) is 8.12. The van der Waals surface area contributed by atoms with Gasteiger partial charge in [-0.15, -0.1) is 22.7 Å². The van der Waals surface area contributed by atoms with Crippen LogP contribution in [0.2, 0.25) is 0 Å². The molecule has 0 saturated carbocycles. The molecule has 0 aliphatic heterocycles. The Morgan fingerprint density at radius 2 is 1.96 bits per heavy atom. The van der Waals surface area contributed by atoms with E-state index in [1.165, 1.54) is 35.1 Å². The predicted molar refractivity (Wildman–Crippen MR) is 101 cm³/mol. The van der Waals surface area contributed by atoms with Gasteiger partial charge in [0.15, 0.2) is 0 Å². The summed E-state index contributed by atoms with van der Waals surface area (Å²) in [6.07, 6.45) is 9.67. The van der Waals surface area contributed by atoms with Gasteiger partial charge < -0.3 is 11.1 Å². The van der Waals surface area contributed by atoms with Crippen molar-refractivity contribution in [3.63, 3.8) is 0 Å². The summed E-state index contributed by atoms with van der Waals surface area (Å²) in [7, 11) is 0. The topological polar surface area (TPSA) is 72.2 Å². The van der Waals surface area contributed by atoms with Gasteiger partial charge in [0.2, 0.25) is 5.91 Å². The minimum Gasteiger partial charge on any atom is -0.365 e. The van der Waals surface area contributed by atoms with Crippen LogP contribution in [0.5, 0.6) is 0 Å². The molecular weight excluding hydrogens is 340 g/mol. The van der Waals surface area contributed by atoms with E-state index in [0.29, 0.717) is 10.6 Å². The summed E-state index contributed by atoms with van der Waals surface area (Å²) in [4.78, 5) is 26.3. The van der Waals surface area contributed by atoms with Gasteiger partial charge in [-0.05, 0) is 48.8 Å². The van der Waals surface area contributed by atoms with E-state index in [9.17, 15) is 9.59 Å². The van der Waals surface area contributed by atoms with Crippen LogP contribution in [0.25, 0.3) is 6.08 Å². The average molecular weight is 361 g/mol. The van der Waals surface area contributed by atoms with Crippen molar-refractivity contribution in [3.8, 4) is 0 Å². The number of amides is 2. The van der Waals surface area contributed by atoms with Gasteiger partial charge in [0.1, 0.15) is 5.00 Å². The monoisotopic (exact) mass is 360 g/mol. The number of thiophene rings is 2. The van der Waals surface area contributed by atoms with Crippen molar-refractivity contribution in [2.75, 3.05) is 5.32 Å². The maximum Gasteiger partial charge on any atom is 0.251 e. The second kappa shape index (κ2) is 7.77. The van der Waals surface area contributed by atoms with Crippen molar-refractivity contribution in [3.05, 3.63) is 44.5 Å². The molecule has 0 radical (unpaired) electrons. The van der Waals surface area contributed by atoms with E-state index in [-0.39, 0.29) is 5.91 Å². The standard InChI is InChI=1S/C18H20N2O2S2/c19-17(22)16-13-7-3-1-2-4-8-14(13)24-18(16)20-15(21)10-9-12-6-5-11-23-12/h5-6,9-11H,1-4,7-8H2,(H2,19,22)(H,20,21)/b10-9-. The predicted octanol–water partition coefficient (Wildman–Crippen LogP) is 4.22. The average Bonchev–Trinajstić information content (AvgIpc) is 3.13. The summed E-state index contributed by atoms with van der Waals surface area (Å²) in [5, 5.41) is 5.40. The first-order valence-corrected chi connectivity index (χ1v) is 9.81. The highest BCUT2D eigenvalue weighted by molar-refractivity contribution is 7.17. The Kier molecular flexibility index (Phi) is 5.48. The van der Waals surface area contributed by atoms with E-state index >= 15 is 0 Å². The lowest BCUT2D eigenvalue weighted by Gasteiger charge is -2.10. The Hall–Kier alpha value is -1.92. The van der Waals surface area contributed by atoms with Crippen LogP contribution in [0.4, 0.5) is 5.00 Å². The van der Waals surface area contributed by atoms with E-state index in [0.717, 1.165) is 36.1 Å². The van der Waals surface area contributed by atoms with Gasteiger partial charge in [0.25, 0.3) is 5.91 Å². The third-order valence-corrected chi connectivity index (χ3v) is 6.14. The number of anilines is 1. The number of hydrogen-bond donors (Lipinski definition) is 2. The van der Waals surface area contributed by atoms with Crippen molar-refractivity contribution in [2.45, 2.75) is 38.5 Å². The Balaban J connectivity index is 1.83. The Labute approximate surface area is 149 Å². The molecule has 1 aliphatic rings. The van der Waals surface area contributed by atoms with Gasteiger partial charge in [-0.3, -0.25) is 9.59 Å². The molecule has 1 aliphatic carbocycles. The van der Waals surface area contributed by atoms with Crippen LogP contribution in [0, 0.1) is 0 Å². The smallest absolute Gasteiger partial charge is 0.251 e. The summed E-state index contributed by atoms with van der Waals surface area (Å²) in [6.45, 7) is 0. The number of carbonyl (C=O) groups excluding carboxylic acids is 2. The zero-order valence-corrected chi connectivity index (χ0v) is 15.0. The molecule has 24 heavy (non-hydrogen) atoms. The lowest BCUT2D eigenvalue weighted by Crippen LogP contribution is -2.17. The zero-order chi connectivity index (χ0) is 16.9.